The molecule has 0 aliphatic carbocycles. The lowest BCUT2D eigenvalue weighted by molar-refractivity contribution is -0.137. The van der Waals surface area contributed by atoms with E-state index in [1.807, 2.05) is 13.0 Å². The zero-order valence-corrected chi connectivity index (χ0v) is 10.6. The average Bonchev–Trinajstić information content (AvgIpc) is 2.76. The molecule has 19 heavy (non-hydrogen) atoms. The molecule has 1 N–H and O–H groups in total. The van der Waals surface area contributed by atoms with Crippen molar-refractivity contribution >= 4 is 0 Å². The zero-order chi connectivity index (χ0) is 14.0. The highest BCUT2D eigenvalue weighted by molar-refractivity contribution is 5.35. The number of halogens is 3. The molecule has 1 heterocycles. The Morgan fingerprint density at radius 3 is 2.16 bits per heavy atom. The highest BCUT2D eigenvalue weighted by Gasteiger charge is 2.30. The Morgan fingerprint density at radius 2 is 1.74 bits per heavy atom. The molecule has 102 valence electrons. The van der Waals surface area contributed by atoms with E-state index >= 15 is 0 Å². The minimum Gasteiger partial charge on any atom is -0.469 e. The number of furan rings is 1. The lowest BCUT2D eigenvalue weighted by Crippen LogP contribution is -2.18. The first-order chi connectivity index (χ1) is 8.93. The second kappa shape index (κ2) is 5.09. The first-order valence-corrected chi connectivity index (χ1v) is 5.82. The van der Waals surface area contributed by atoms with Gasteiger partial charge in [0.15, 0.2) is 0 Å². The Labute approximate surface area is 109 Å². The summed E-state index contributed by atoms with van der Waals surface area (Å²) in [4.78, 5) is 0. The molecule has 2 rings (SSSR count). The molecule has 2 nitrogen and oxygen atoms in total. The number of hydrogen-bond donors (Lipinski definition) is 1. The third-order valence-electron chi connectivity index (χ3n) is 3.07. The lowest BCUT2D eigenvalue weighted by atomic mass is 9.98. The highest BCUT2D eigenvalue weighted by atomic mass is 19.4. The summed E-state index contributed by atoms with van der Waals surface area (Å²) in [6.45, 7) is 1.82. The highest BCUT2D eigenvalue weighted by Crippen LogP contribution is 2.31. The van der Waals surface area contributed by atoms with Crippen molar-refractivity contribution < 1.29 is 17.6 Å². The van der Waals surface area contributed by atoms with Crippen molar-refractivity contribution in [2.24, 2.45) is 0 Å². The molecular formula is C14H14F3NO. The summed E-state index contributed by atoms with van der Waals surface area (Å²) in [5, 5.41) is 3.08. The van der Waals surface area contributed by atoms with Gasteiger partial charge in [0.05, 0.1) is 17.9 Å². The van der Waals surface area contributed by atoms with Crippen LogP contribution in [0.15, 0.2) is 41.0 Å². The second-order valence-electron chi connectivity index (χ2n) is 4.27. The van der Waals surface area contributed by atoms with Crippen molar-refractivity contribution in [2.75, 3.05) is 7.05 Å². The average molecular weight is 269 g/mol. The van der Waals surface area contributed by atoms with E-state index in [1.165, 1.54) is 12.1 Å². The third kappa shape index (κ3) is 2.81. The maximum Gasteiger partial charge on any atom is 0.416 e. The fraction of sp³-hybridized carbons (Fsp3) is 0.286. The van der Waals surface area contributed by atoms with E-state index in [0.29, 0.717) is 0 Å². The van der Waals surface area contributed by atoms with Crippen LogP contribution in [0.3, 0.4) is 0 Å². The van der Waals surface area contributed by atoms with Crippen LogP contribution in [-0.4, -0.2) is 7.05 Å². The Kier molecular flexibility index (Phi) is 3.66. The molecule has 0 amide bonds. The molecule has 1 unspecified atom stereocenters. The van der Waals surface area contributed by atoms with Gasteiger partial charge in [-0.15, -0.1) is 0 Å². The first-order valence-electron chi connectivity index (χ1n) is 5.82. The first kappa shape index (κ1) is 13.7. The van der Waals surface area contributed by atoms with Gasteiger partial charge in [-0.1, -0.05) is 12.1 Å². The van der Waals surface area contributed by atoms with Crippen LogP contribution in [0.1, 0.15) is 28.5 Å². The van der Waals surface area contributed by atoms with Crippen LogP contribution in [0.5, 0.6) is 0 Å². The maximum atomic E-state index is 12.5. The Hall–Kier alpha value is -1.75. The van der Waals surface area contributed by atoms with Gasteiger partial charge < -0.3 is 9.73 Å². The van der Waals surface area contributed by atoms with E-state index in [4.69, 9.17) is 4.42 Å². The van der Waals surface area contributed by atoms with Crippen molar-refractivity contribution in [1.82, 2.24) is 5.32 Å². The molecule has 5 heteroatoms. The van der Waals surface area contributed by atoms with Gasteiger partial charge in [-0.05, 0) is 37.7 Å². The molecule has 0 saturated heterocycles. The van der Waals surface area contributed by atoms with Gasteiger partial charge >= 0.3 is 6.18 Å². The minimum absolute atomic E-state index is 0.180. The number of benzene rings is 1. The molecule has 2 aromatic rings. The Balaban J connectivity index is 2.33. The van der Waals surface area contributed by atoms with Crippen LogP contribution in [0.4, 0.5) is 13.2 Å². The van der Waals surface area contributed by atoms with Crippen molar-refractivity contribution in [3.8, 4) is 0 Å². The number of rotatable bonds is 3. The van der Waals surface area contributed by atoms with Crippen LogP contribution in [-0.2, 0) is 6.18 Å². The van der Waals surface area contributed by atoms with Crippen LogP contribution >= 0.6 is 0 Å². The third-order valence-corrected chi connectivity index (χ3v) is 3.07. The summed E-state index contributed by atoms with van der Waals surface area (Å²) in [6.07, 6.45) is -2.74. The number of alkyl halides is 3. The molecule has 1 atom stereocenters. The molecule has 0 bridgehead atoms. The van der Waals surface area contributed by atoms with Crippen molar-refractivity contribution in [3.05, 3.63) is 59.0 Å². The van der Waals surface area contributed by atoms with Crippen LogP contribution in [0.2, 0.25) is 0 Å². The predicted molar refractivity (Wildman–Crippen MR) is 65.8 cm³/mol. The van der Waals surface area contributed by atoms with E-state index < -0.39 is 11.7 Å². The number of nitrogens with one attached hydrogen (secondary N) is 1. The van der Waals surface area contributed by atoms with E-state index in [-0.39, 0.29) is 6.04 Å². The molecule has 0 aliphatic rings. The summed E-state index contributed by atoms with van der Waals surface area (Å²) in [6, 6.07) is 6.78. The van der Waals surface area contributed by atoms with E-state index in [9.17, 15) is 13.2 Å². The van der Waals surface area contributed by atoms with E-state index in [0.717, 1.165) is 29.0 Å². The fourth-order valence-corrected chi connectivity index (χ4v) is 2.06. The maximum absolute atomic E-state index is 12.5. The number of hydrogen-bond acceptors (Lipinski definition) is 2. The standard InChI is InChI=1S/C14H14F3NO/c1-9-12(7-8-19-9)13(18-2)10-3-5-11(6-4-10)14(15,16)17/h3-8,13,18H,1-2H3. The predicted octanol–water partition coefficient (Wildman–Crippen LogP) is 3.92. The summed E-state index contributed by atoms with van der Waals surface area (Å²) in [5.41, 5.74) is 1.04. The van der Waals surface area contributed by atoms with E-state index in [2.05, 4.69) is 5.32 Å². The van der Waals surface area contributed by atoms with Gasteiger partial charge in [-0.3, -0.25) is 0 Å². The summed E-state index contributed by atoms with van der Waals surface area (Å²) in [7, 11) is 1.76. The Morgan fingerprint density at radius 1 is 1.11 bits per heavy atom. The minimum atomic E-state index is -4.31. The van der Waals surface area contributed by atoms with Gasteiger partial charge in [0.25, 0.3) is 0 Å². The zero-order valence-electron chi connectivity index (χ0n) is 10.6. The van der Waals surface area contributed by atoms with Gasteiger partial charge in [-0.2, -0.15) is 13.2 Å². The molecular weight excluding hydrogens is 255 g/mol. The fourth-order valence-electron chi connectivity index (χ4n) is 2.06. The molecule has 0 fully saturated rings. The quantitative estimate of drug-likeness (QED) is 0.913. The molecule has 0 spiro atoms. The van der Waals surface area contributed by atoms with Crippen molar-refractivity contribution in [2.45, 2.75) is 19.1 Å². The summed E-state index contributed by atoms with van der Waals surface area (Å²) < 4.78 is 42.8. The Bertz CT molecular complexity index is 543. The van der Waals surface area contributed by atoms with Gasteiger partial charge in [-0.25, -0.2) is 0 Å². The molecule has 0 aliphatic heterocycles. The molecule has 1 aromatic heterocycles. The van der Waals surface area contributed by atoms with Crippen molar-refractivity contribution in [1.29, 1.82) is 0 Å². The molecule has 0 radical (unpaired) electrons. The molecule has 1 aromatic carbocycles. The summed E-state index contributed by atoms with van der Waals surface area (Å²) in [5.74, 6) is 0.749. The lowest BCUT2D eigenvalue weighted by Gasteiger charge is -2.17. The molecule has 0 saturated carbocycles. The SMILES string of the molecule is CNC(c1ccc(C(F)(F)F)cc1)c1ccoc1C. The van der Waals surface area contributed by atoms with Gasteiger partial charge in [0.2, 0.25) is 0 Å². The number of aryl methyl sites for hydroxylation is 1. The van der Waals surface area contributed by atoms with Gasteiger partial charge in [0, 0.05) is 5.56 Å². The summed E-state index contributed by atoms with van der Waals surface area (Å²) >= 11 is 0. The topological polar surface area (TPSA) is 25.2 Å². The van der Waals surface area contributed by atoms with Gasteiger partial charge in [0.1, 0.15) is 5.76 Å². The smallest absolute Gasteiger partial charge is 0.416 e. The van der Waals surface area contributed by atoms with Crippen LogP contribution in [0.25, 0.3) is 0 Å². The second-order valence-corrected chi connectivity index (χ2v) is 4.27. The largest absolute Gasteiger partial charge is 0.469 e. The normalized spacial score (nSPS) is 13.5. The van der Waals surface area contributed by atoms with Crippen LogP contribution in [0, 0.1) is 6.92 Å². The van der Waals surface area contributed by atoms with Crippen LogP contribution < -0.4 is 5.32 Å². The van der Waals surface area contributed by atoms with E-state index in [1.54, 1.807) is 13.3 Å². The van der Waals surface area contributed by atoms with Crippen molar-refractivity contribution in [3.63, 3.8) is 0 Å². The monoisotopic (exact) mass is 269 g/mol.